The Bertz CT molecular complexity index is 2130. The Morgan fingerprint density at radius 1 is 0.659 bits per heavy atom. The smallest absolute Gasteiger partial charge is 0.252 e. The van der Waals surface area contributed by atoms with Gasteiger partial charge in [-0.3, -0.25) is 14.4 Å². The first-order chi connectivity index (χ1) is 21.4. The molecule has 2 aliphatic rings. The molecule has 0 saturated heterocycles. The van der Waals surface area contributed by atoms with Gasteiger partial charge in [0.05, 0.1) is 24.4 Å². The summed E-state index contributed by atoms with van der Waals surface area (Å²) in [4.78, 5) is 42.0. The molecule has 7 N–H and O–H groups in total. The molecule has 4 aromatic carbocycles. The Kier molecular flexibility index (Phi) is 6.41. The Morgan fingerprint density at radius 2 is 1.16 bits per heavy atom. The van der Waals surface area contributed by atoms with E-state index in [1.807, 2.05) is 48.5 Å². The van der Waals surface area contributed by atoms with Crippen molar-refractivity contribution in [1.29, 1.82) is 0 Å². The topological polar surface area (TPSA) is 168 Å². The monoisotopic (exact) mass is 586 g/mol. The molecule has 10 nitrogen and oxygen atoms in total. The molecular formula is C34H26N4O6. The van der Waals surface area contributed by atoms with Crippen LogP contribution in [-0.4, -0.2) is 43.4 Å². The molecule has 44 heavy (non-hydrogen) atoms. The number of aromatic hydroxyl groups is 2. The summed E-state index contributed by atoms with van der Waals surface area (Å²) in [6.45, 7) is -0.148. The van der Waals surface area contributed by atoms with Crippen molar-refractivity contribution in [3.63, 3.8) is 0 Å². The first-order valence-corrected chi connectivity index (χ1v) is 13.9. The number of aldehydes is 1. The lowest BCUT2D eigenvalue weighted by Gasteiger charge is -2.13. The van der Waals surface area contributed by atoms with E-state index in [0.717, 1.165) is 44.8 Å². The van der Waals surface area contributed by atoms with Crippen LogP contribution in [0.2, 0.25) is 0 Å². The number of fused-ring (bicyclic) bond motifs is 4. The van der Waals surface area contributed by atoms with E-state index in [-0.39, 0.29) is 36.0 Å². The van der Waals surface area contributed by atoms with Crippen molar-refractivity contribution in [2.24, 2.45) is 0 Å². The second-order valence-corrected chi connectivity index (χ2v) is 10.7. The van der Waals surface area contributed by atoms with E-state index in [9.17, 15) is 29.7 Å². The minimum atomic E-state index is -0.453. The Hall–Kier alpha value is -5.87. The Labute approximate surface area is 250 Å². The average molecular weight is 587 g/mol. The molecule has 4 heterocycles. The molecule has 0 radical (unpaired) electrons. The summed E-state index contributed by atoms with van der Waals surface area (Å²) in [7, 11) is 0. The van der Waals surface area contributed by atoms with E-state index in [1.165, 1.54) is 12.1 Å². The van der Waals surface area contributed by atoms with Crippen LogP contribution in [0.25, 0.3) is 21.8 Å². The number of para-hydroxylation sites is 2. The number of aliphatic hydroxyl groups excluding tert-OH is 1. The average Bonchev–Trinajstić information content (AvgIpc) is 3.77. The van der Waals surface area contributed by atoms with E-state index in [0.29, 0.717) is 28.1 Å². The van der Waals surface area contributed by atoms with E-state index < -0.39 is 6.04 Å². The van der Waals surface area contributed by atoms with E-state index in [4.69, 9.17) is 0 Å². The predicted octanol–water partition coefficient (Wildman–Crippen LogP) is 4.72. The number of hydrogen-bond acceptors (Lipinski definition) is 6. The van der Waals surface area contributed by atoms with Crippen molar-refractivity contribution in [3.05, 3.63) is 130 Å². The maximum Gasteiger partial charge on any atom is 0.252 e. The van der Waals surface area contributed by atoms with Crippen molar-refractivity contribution in [3.8, 4) is 11.5 Å². The van der Waals surface area contributed by atoms with Gasteiger partial charge in [-0.25, -0.2) is 0 Å². The molecule has 2 atom stereocenters. The van der Waals surface area contributed by atoms with Crippen LogP contribution in [0.5, 0.6) is 11.5 Å². The van der Waals surface area contributed by atoms with Crippen molar-refractivity contribution >= 4 is 39.9 Å². The number of rotatable bonds is 4. The summed E-state index contributed by atoms with van der Waals surface area (Å²) in [5.41, 5.74) is 6.89. The lowest BCUT2D eigenvalue weighted by Crippen LogP contribution is -2.20. The van der Waals surface area contributed by atoms with Crippen LogP contribution in [0.1, 0.15) is 71.2 Å². The van der Waals surface area contributed by atoms with Gasteiger partial charge in [0.15, 0.2) is 6.29 Å². The molecular weight excluding hydrogens is 560 g/mol. The third-order valence-electron chi connectivity index (χ3n) is 8.19. The van der Waals surface area contributed by atoms with Gasteiger partial charge >= 0.3 is 0 Å². The van der Waals surface area contributed by atoms with Crippen LogP contribution in [0.4, 0.5) is 0 Å². The van der Waals surface area contributed by atoms with E-state index in [1.54, 1.807) is 24.3 Å². The number of carbonyl (C=O) groups excluding carboxylic acids is 3. The fourth-order valence-electron chi connectivity index (χ4n) is 6.28. The lowest BCUT2D eigenvalue weighted by molar-refractivity contribution is 0.0952. The van der Waals surface area contributed by atoms with Crippen LogP contribution < -0.4 is 10.6 Å². The minimum absolute atomic E-state index is 0.0905. The van der Waals surface area contributed by atoms with Gasteiger partial charge in [-0.2, -0.15) is 0 Å². The van der Waals surface area contributed by atoms with Crippen molar-refractivity contribution in [2.45, 2.75) is 18.7 Å². The third kappa shape index (κ3) is 4.27. The zero-order valence-electron chi connectivity index (χ0n) is 23.1. The third-order valence-corrected chi connectivity index (χ3v) is 8.19. The Morgan fingerprint density at radius 3 is 1.70 bits per heavy atom. The van der Waals surface area contributed by atoms with Crippen LogP contribution in [0.15, 0.2) is 84.9 Å². The zero-order chi connectivity index (χ0) is 30.5. The van der Waals surface area contributed by atoms with Gasteiger partial charge < -0.3 is 35.9 Å². The number of hydrogen-bond donors (Lipinski definition) is 7. The van der Waals surface area contributed by atoms with Gasteiger partial charge in [0.25, 0.3) is 11.8 Å². The largest absolute Gasteiger partial charge is 0.508 e. The van der Waals surface area contributed by atoms with Crippen LogP contribution in [0.3, 0.4) is 0 Å². The highest BCUT2D eigenvalue weighted by Crippen LogP contribution is 2.39. The van der Waals surface area contributed by atoms with Crippen LogP contribution >= 0.6 is 0 Å². The number of aliphatic hydroxyl groups is 1. The molecule has 6 aromatic rings. The molecule has 0 spiro atoms. The fraction of sp³-hybridized carbons (Fsp3) is 0.0882. The maximum absolute atomic E-state index is 12.2. The van der Waals surface area contributed by atoms with Crippen molar-refractivity contribution in [1.82, 2.24) is 20.6 Å². The summed E-state index contributed by atoms with van der Waals surface area (Å²) in [6.07, 6.45) is 0.752. The normalized spacial score (nSPS) is 16.7. The predicted molar refractivity (Wildman–Crippen MR) is 163 cm³/mol. The Balaban J connectivity index is 0.000000142. The molecule has 2 aliphatic heterocycles. The summed E-state index contributed by atoms with van der Waals surface area (Å²) in [6, 6.07) is 23.8. The van der Waals surface area contributed by atoms with E-state index >= 15 is 0 Å². The van der Waals surface area contributed by atoms with Gasteiger partial charge in [-0.15, -0.1) is 0 Å². The number of nitrogens with one attached hydrogen (secondary N) is 4. The molecule has 0 bridgehead atoms. The standard InChI is InChI=1S/C17H14N2O3.C17H12N2O3/c2*20-8-14-15(11-3-1-2-4-13(11)18-14)16-12-7-9(21)5-6-10(12)17(22)19-16/h1-7,16,18,20-21H,8H2,(H,19,22);1-8,16,18,21H,(H,19,22). The van der Waals surface area contributed by atoms with Crippen LogP contribution in [-0.2, 0) is 6.61 Å². The summed E-state index contributed by atoms with van der Waals surface area (Å²) >= 11 is 0. The molecule has 218 valence electrons. The SMILES string of the molecule is O=C1NC(c2c(CO)[nH]c3ccccc23)c2cc(O)ccc21.O=Cc1[nH]c2ccccc2c1C1NC(=O)c2ccc(O)cc21. The molecule has 8 rings (SSSR count). The zero-order valence-corrected chi connectivity index (χ0v) is 23.1. The number of H-pyrrole nitrogens is 2. The second-order valence-electron chi connectivity index (χ2n) is 10.7. The second kappa shape index (κ2) is 10.4. The molecule has 2 aromatic heterocycles. The highest BCUT2D eigenvalue weighted by atomic mass is 16.3. The molecule has 0 saturated carbocycles. The van der Waals surface area contributed by atoms with Gasteiger partial charge in [0, 0.05) is 49.8 Å². The number of aromatic amines is 2. The number of aromatic nitrogens is 2. The number of carbonyl (C=O) groups is 3. The summed E-state index contributed by atoms with van der Waals surface area (Å²) < 4.78 is 0. The highest BCUT2D eigenvalue weighted by Gasteiger charge is 2.34. The minimum Gasteiger partial charge on any atom is -0.508 e. The number of phenols is 2. The first-order valence-electron chi connectivity index (χ1n) is 13.9. The molecule has 2 amide bonds. The summed E-state index contributed by atoms with van der Waals surface area (Å²) in [5, 5.41) is 36.8. The molecule has 0 fully saturated rings. The fourth-order valence-corrected chi connectivity index (χ4v) is 6.28. The summed E-state index contributed by atoms with van der Waals surface area (Å²) in [5.74, 6) is -0.172. The van der Waals surface area contributed by atoms with Crippen molar-refractivity contribution < 1.29 is 29.7 Å². The quantitative estimate of drug-likeness (QED) is 0.148. The maximum atomic E-state index is 12.2. The first kappa shape index (κ1) is 27.0. The van der Waals surface area contributed by atoms with Gasteiger partial charge in [-0.05, 0) is 59.7 Å². The lowest BCUT2D eigenvalue weighted by atomic mass is 9.95. The van der Waals surface area contributed by atoms with Gasteiger partial charge in [-0.1, -0.05) is 36.4 Å². The van der Waals surface area contributed by atoms with Crippen LogP contribution in [0, 0.1) is 0 Å². The van der Waals surface area contributed by atoms with Gasteiger partial charge in [0.2, 0.25) is 0 Å². The number of phenolic OH excluding ortho intramolecular Hbond substituents is 2. The van der Waals surface area contributed by atoms with Crippen molar-refractivity contribution in [2.75, 3.05) is 0 Å². The molecule has 2 unspecified atom stereocenters. The molecule has 0 aliphatic carbocycles. The number of benzene rings is 4. The van der Waals surface area contributed by atoms with Gasteiger partial charge in [0.1, 0.15) is 11.5 Å². The van der Waals surface area contributed by atoms with E-state index in [2.05, 4.69) is 20.6 Å². The molecule has 10 heteroatoms. The highest BCUT2D eigenvalue weighted by molar-refractivity contribution is 6.03. The number of amides is 2.